The molecule has 1 aliphatic rings. The number of carbonyl (C=O) groups is 3. The van der Waals surface area contributed by atoms with Gasteiger partial charge >= 0.3 is 5.97 Å². The highest BCUT2D eigenvalue weighted by atomic mass is 16.5. The zero-order valence-corrected chi connectivity index (χ0v) is 15.1. The van der Waals surface area contributed by atoms with Crippen LogP contribution in [-0.4, -0.2) is 24.1 Å². The highest BCUT2D eigenvalue weighted by molar-refractivity contribution is 6.08. The minimum atomic E-state index is -0.483. The van der Waals surface area contributed by atoms with E-state index in [1.54, 1.807) is 13.8 Å². The van der Waals surface area contributed by atoms with E-state index in [9.17, 15) is 14.4 Å². The van der Waals surface area contributed by atoms with E-state index in [0.29, 0.717) is 29.7 Å². The minimum Gasteiger partial charge on any atom is -0.466 e. The van der Waals surface area contributed by atoms with Crippen molar-refractivity contribution in [2.45, 2.75) is 33.1 Å². The predicted octanol–water partition coefficient (Wildman–Crippen LogP) is 3.41. The number of benzene rings is 1. The average Bonchev–Trinajstić information content (AvgIpc) is 2.89. The van der Waals surface area contributed by atoms with Crippen molar-refractivity contribution in [3.8, 4) is 11.8 Å². The van der Waals surface area contributed by atoms with E-state index in [-0.39, 0.29) is 30.4 Å². The summed E-state index contributed by atoms with van der Waals surface area (Å²) in [5.41, 5.74) is 2.55. The molecule has 4 heteroatoms. The van der Waals surface area contributed by atoms with E-state index < -0.39 is 5.92 Å². The van der Waals surface area contributed by atoms with E-state index in [2.05, 4.69) is 18.4 Å². The van der Waals surface area contributed by atoms with Gasteiger partial charge in [-0.2, -0.15) is 0 Å². The fourth-order valence-electron chi connectivity index (χ4n) is 3.03. The molecule has 0 aromatic heterocycles. The number of carbonyl (C=O) groups excluding carboxylic acids is 3. The van der Waals surface area contributed by atoms with E-state index in [0.717, 1.165) is 5.56 Å². The molecule has 0 heterocycles. The molecular weight excluding hydrogens is 328 g/mol. The Morgan fingerprint density at radius 1 is 1.27 bits per heavy atom. The van der Waals surface area contributed by atoms with Crippen LogP contribution in [0.3, 0.4) is 0 Å². The summed E-state index contributed by atoms with van der Waals surface area (Å²) in [7, 11) is 0. The lowest BCUT2D eigenvalue weighted by Crippen LogP contribution is -2.14. The third-order valence-corrected chi connectivity index (χ3v) is 4.11. The van der Waals surface area contributed by atoms with Gasteiger partial charge in [-0.25, -0.2) is 0 Å². The number of hydrogen-bond acceptors (Lipinski definition) is 4. The van der Waals surface area contributed by atoms with Crippen LogP contribution >= 0.6 is 0 Å². The molecule has 0 radical (unpaired) electrons. The lowest BCUT2D eigenvalue weighted by molar-refractivity contribution is -0.142. The van der Waals surface area contributed by atoms with Crippen LogP contribution in [0.4, 0.5) is 0 Å². The predicted molar refractivity (Wildman–Crippen MR) is 99.1 cm³/mol. The first-order valence-corrected chi connectivity index (χ1v) is 8.60. The summed E-state index contributed by atoms with van der Waals surface area (Å²) in [6, 6.07) is 9.21. The number of allylic oxidation sites excluding steroid dienone is 2. The molecule has 134 valence electrons. The Morgan fingerprint density at radius 3 is 2.58 bits per heavy atom. The first-order chi connectivity index (χ1) is 12.4. The van der Waals surface area contributed by atoms with Crippen LogP contribution in [0.15, 0.2) is 53.6 Å². The maximum absolute atomic E-state index is 12.6. The topological polar surface area (TPSA) is 60.4 Å². The van der Waals surface area contributed by atoms with Gasteiger partial charge in [0.1, 0.15) is 0 Å². The number of ether oxygens (including phenoxy) is 1. The molecule has 0 saturated carbocycles. The molecule has 1 aromatic carbocycles. The van der Waals surface area contributed by atoms with Gasteiger partial charge in [0.25, 0.3) is 0 Å². The molecule has 0 amide bonds. The zero-order valence-electron chi connectivity index (χ0n) is 15.1. The third kappa shape index (κ3) is 5.03. The average molecular weight is 350 g/mol. The van der Waals surface area contributed by atoms with Crippen molar-refractivity contribution < 1.29 is 19.1 Å². The molecule has 0 fully saturated rings. The zero-order chi connectivity index (χ0) is 19.1. The third-order valence-electron chi connectivity index (χ3n) is 4.11. The van der Waals surface area contributed by atoms with Crippen LogP contribution in [0.25, 0.3) is 0 Å². The molecule has 2 rings (SSSR count). The summed E-state index contributed by atoms with van der Waals surface area (Å²) in [6.45, 7) is 7.60. The number of esters is 1. The summed E-state index contributed by atoms with van der Waals surface area (Å²) < 4.78 is 4.97. The largest absolute Gasteiger partial charge is 0.466 e. The molecule has 0 aliphatic heterocycles. The van der Waals surface area contributed by atoms with Crippen LogP contribution in [0.5, 0.6) is 0 Å². The Labute approximate surface area is 153 Å². The molecule has 1 atom stereocenters. The second-order valence-electron chi connectivity index (χ2n) is 6.25. The van der Waals surface area contributed by atoms with Gasteiger partial charge in [0.2, 0.25) is 5.78 Å². The van der Waals surface area contributed by atoms with Crippen LogP contribution in [0.2, 0.25) is 0 Å². The van der Waals surface area contributed by atoms with Crippen molar-refractivity contribution >= 4 is 17.5 Å². The van der Waals surface area contributed by atoms with E-state index >= 15 is 0 Å². The van der Waals surface area contributed by atoms with E-state index in [4.69, 9.17) is 4.74 Å². The summed E-state index contributed by atoms with van der Waals surface area (Å²) in [4.78, 5) is 36.6. The highest BCUT2D eigenvalue weighted by Gasteiger charge is 2.35. The lowest BCUT2D eigenvalue weighted by atomic mass is 9.95. The first-order valence-electron chi connectivity index (χ1n) is 8.60. The second-order valence-corrected chi connectivity index (χ2v) is 6.25. The van der Waals surface area contributed by atoms with Gasteiger partial charge in [-0.3, -0.25) is 14.4 Å². The molecule has 0 N–H and O–H groups in total. The van der Waals surface area contributed by atoms with Crippen LogP contribution in [0, 0.1) is 17.8 Å². The quantitative estimate of drug-likeness (QED) is 0.583. The van der Waals surface area contributed by atoms with E-state index in [1.165, 1.54) is 0 Å². The summed E-state index contributed by atoms with van der Waals surface area (Å²) >= 11 is 0. The van der Waals surface area contributed by atoms with Crippen molar-refractivity contribution in [2.75, 3.05) is 6.61 Å². The normalized spacial score (nSPS) is 16.1. The van der Waals surface area contributed by atoms with Gasteiger partial charge in [0, 0.05) is 23.5 Å². The second kappa shape index (κ2) is 8.96. The van der Waals surface area contributed by atoms with Gasteiger partial charge in [0.15, 0.2) is 5.78 Å². The monoisotopic (exact) mass is 350 g/mol. The van der Waals surface area contributed by atoms with Crippen molar-refractivity contribution in [1.82, 2.24) is 0 Å². The fourth-order valence-corrected chi connectivity index (χ4v) is 3.03. The molecule has 0 spiro atoms. The Kier molecular flexibility index (Phi) is 6.68. The summed E-state index contributed by atoms with van der Waals surface area (Å²) in [6.07, 6.45) is 0.475. The maximum Gasteiger partial charge on any atom is 0.309 e. The molecule has 1 unspecified atom stereocenters. The molecule has 4 nitrogen and oxygen atoms in total. The SMILES string of the molecule is C=C(C)C1=C(CC(=O)OCC)CC(CC(=O)C#Cc2ccccc2)C1=O. The minimum absolute atomic E-state index is 0.0434. The smallest absolute Gasteiger partial charge is 0.309 e. The highest BCUT2D eigenvalue weighted by Crippen LogP contribution is 2.36. The lowest BCUT2D eigenvalue weighted by Gasteiger charge is -2.05. The molecule has 0 bridgehead atoms. The number of hydrogen-bond donors (Lipinski definition) is 0. The molecule has 1 aromatic rings. The van der Waals surface area contributed by atoms with Gasteiger partial charge in [-0.1, -0.05) is 30.7 Å². The van der Waals surface area contributed by atoms with Crippen LogP contribution < -0.4 is 0 Å². The standard InChI is InChI=1S/C22H22O4/c1-4-26-20(24)14-17-12-18(22(25)21(17)15(2)3)13-19(23)11-10-16-8-6-5-7-9-16/h5-9,18H,2,4,12-14H2,1,3H3. The fraction of sp³-hybridized carbons (Fsp3) is 0.318. The Hall–Kier alpha value is -2.93. The first kappa shape index (κ1) is 19.4. The van der Waals surface area contributed by atoms with Gasteiger partial charge in [-0.15, -0.1) is 0 Å². The van der Waals surface area contributed by atoms with Crippen LogP contribution in [-0.2, 0) is 19.1 Å². The van der Waals surface area contributed by atoms with E-state index in [1.807, 2.05) is 30.3 Å². The molecule has 26 heavy (non-hydrogen) atoms. The number of Topliss-reactive ketones (excluding diaryl/α,β-unsaturated/α-hetero) is 2. The van der Waals surface area contributed by atoms with Crippen molar-refractivity contribution in [1.29, 1.82) is 0 Å². The van der Waals surface area contributed by atoms with Gasteiger partial charge < -0.3 is 4.74 Å². The van der Waals surface area contributed by atoms with Gasteiger partial charge in [-0.05, 0) is 49.5 Å². The van der Waals surface area contributed by atoms with Crippen molar-refractivity contribution in [2.24, 2.45) is 5.92 Å². The number of ketones is 2. The summed E-state index contributed by atoms with van der Waals surface area (Å²) in [5.74, 6) is 4.13. The molecular formula is C22H22O4. The van der Waals surface area contributed by atoms with Crippen molar-refractivity contribution in [3.63, 3.8) is 0 Å². The van der Waals surface area contributed by atoms with Crippen molar-refractivity contribution in [3.05, 3.63) is 59.2 Å². The Morgan fingerprint density at radius 2 is 1.96 bits per heavy atom. The Balaban J connectivity index is 2.07. The van der Waals surface area contributed by atoms with Crippen LogP contribution in [0.1, 0.15) is 38.7 Å². The molecule has 1 aliphatic carbocycles. The summed E-state index contributed by atoms with van der Waals surface area (Å²) in [5, 5.41) is 0. The number of rotatable bonds is 6. The maximum atomic E-state index is 12.6. The molecule has 0 saturated heterocycles. The van der Waals surface area contributed by atoms with Gasteiger partial charge in [0.05, 0.1) is 13.0 Å². The Bertz CT molecular complexity index is 819.